The van der Waals surface area contributed by atoms with E-state index in [1.54, 1.807) is 0 Å². The Morgan fingerprint density at radius 2 is 2.00 bits per heavy atom. The highest BCUT2D eigenvalue weighted by molar-refractivity contribution is 7.87. The van der Waals surface area contributed by atoms with Crippen LogP contribution in [0.2, 0.25) is 0 Å². The molecule has 0 bridgehead atoms. The van der Waals surface area contributed by atoms with E-state index < -0.39 is 22.7 Å². The molecule has 0 aliphatic carbocycles. The Morgan fingerprint density at radius 1 is 1.44 bits per heavy atom. The molecule has 0 atom stereocenters. The summed E-state index contributed by atoms with van der Waals surface area (Å²) < 4.78 is 26.7. The third kappa shape index (κ3) is 6.04. The Bertz CT molecular complexity index is 313. The third-order valence-electron chi connectivity index (χ3n) is 1.75. The van der Waals surface area contributed by atoms with Crippen molar-refractivity contribution in [3.05, 3.63) is 0 Å². The summed E-state index contributed by atoms with van der Waals surface area (Å²) in [5.74, 6) is -1.07. The predicted octanol–water partition coefficient (Wildman–Crippen LogP) is 0.273. The van der Waals surface area contributed by atoms with Crippen LogP contribution in [0.15, 0.2) is 0 Å². The van der Waals surface area contributed by atoms with E-state index in [0.29, 0.717) is 13.0 Å². The van der Waals surface area contributed by atoms with Crippen molar-refractivity contribution in [1.82, 2.24) is 9.03 Å². The molecule has 6 nitrogen and oxygen atoms in total. The highest BCUT2D eigenvalue weighted by Crippen LogP contribution is 2.04. The van der Waals surface area contributed by atoms with Crippen molar-refractivity contribution in [3.8, 4) is 0 Å². The number of hydrogen-bond acceptors (Lipinski definition) is 3. The lowest BCUT2D eigenvalue weighted by Gasteiger charge is -2.22. The number of hydrogen-bond donors (Lipinski definition) is 2. The minimum Gasteiger partial charge on any atom is -0.480 e. The molecular weight excluding hydrogens is 232 g/mol. The molecule has 16 heavy (non-hydrogen) atoms. The van der Waals surface area contributed by atoms with Gasteiger partial charge in [-0.15, -0.1) is 0 Å². The van der Waals surface area contributed by atoms with E-state index in [1.807, 2.05) is 20.8 Å². The first-order chi connectivity index (χ1) is 7.29. The first-order valence-corrected chi connectivity index (χ1v) is 6.70. The zero-order valence-corrected chi connectivity index (χ0v) is 10.7. The summed E-state index contributed by atoms with van der Waals surface area (Å²) in [6.07, 6.45) is 0.668. The van der Waals surface area contributed by atoms with Gasteiger partial charge in [0.05, 0.1) is 0 Å². The van der Waals surface area contributed by atoms with Gasteiger partial charge in [-0.1, -0.05) is 20.8 Å². The number of nitrogens with zero attached hydrogens (tertiary/aromatic N) is 1. The van der Waals surface area contributed by atoms with Crippen LogP contribution < -0.4 is 4.72 Å². The fourth-order valence-electron chi connectivity index (χ4n) is 1.13. The minimum absolute atomic E-state index is 0.0811. The number of carbonyl (C=O) groups is 1. The molecule has 96 valence electrons. The first-order valence-electron chi connectivity index (χ1n) is 5.26. The van der Waals surface area contributed by atoms with Crippen LogP contribution in [0.5, 0.6) is 0 Å². The van der Waals surface area contributed by atoms with Crippen molar-refractivity contribution in [2.75, 3.05) is 19.6 Å². The molecule has 0 aromatic carbocycles. The Morgan fingerprint density at radius 3 is 2.38 bits per heavy atom. The zero-order valence-electron chi connectivity index (χ0n) is 9.93. The largest absolute Gasteiger partial charge is 0.480 e. The molecule has 0 aromatic heterocycles. The summed E-state index contributed by atoms with van der Waals surface area (Å²) in [6, 6.07) is 0. The summed E-state index contributed by atoms with van der Waals surface area (Å²) >= 11 is 0. The van der Waals surface area contributed by atoms with Crippen LogP contribution in [0.1, 0.15) is 27.2 Å². The molecule has 7 heteroatoms. The summed E-state index contributed by atoms with van der Waals surface area (Å²) in [4.78, 5) is 10.6. The van der Waals surface area contributed by atoms with Gasteiger partial charge in [-0.2, -0.15) is 12.7 Å². The van der Waals surface area contributed by atoms with E-state index in [1.165, 1.54) is 0 Å². The second-order valence-electron chi connectivity index (χ2n) is 3.98. The number of rotatable bonds is 8. The molecule has 0 aliphatic rings. The molecule has 0 rings (SSSR count). The maximum atomic E-state index is 11.7. The van der Waals surface area contributed by atoms with Gasteiger partial charge in [0.2, 0.25) is 0 Å². The van der Waals surface area contributed by atoms with Crippen molar-refractivity contribution in [3.63, 3.8) is 0 Å². The third-order valence-corrected chi connectivity index (χ3v) is 3.28. The van der Waals surface area contributed by atoms with Crippen LogP contribution in [-0.2, 0) is 15.0 Å². The Hall–Kier alpha value is -0.660. The maximum Gasteiger partial charge on any atom is 0.318 e. The van der Waals surface area contributed by atoms with Crippen molar-refractivity contribution in [1.29, 1.82) is 0 Å². The molecule has 0 aliphatic heterocycles. The summed E-state index contributed by atoms with van der Waals surface area (Å²) in [5, 5.41) is 8.65. The van der Waals surface area contributed by atoms with Gasteiger partial charge in [0, 0.05) is 13.1 Å². The van der Waals surface area contributed by atoms with Crippen molar-refractivity contribution >= 4 is 16.2 Å². The van der Waals surface area contributed by atoms with Crippen LogP contribution in [0.3, 0.4) is 0 Å². The molecule has 0 saturated carbocycles. The molecule has 0 radical (unpaired) electrons. The topological polar surface area (TPSA) is 86.7 Å². The van der Waals surface area contributed by atoms with E-state index in [4.69, 9.17) is 5.11 Å². The molecule has 0 unspecified atom stereocenters. The Labute approximate surface area is 96.8 Å². The lowest BCUT2D eigenvalue weighted by Crippen LogP contribution is -2.45. The maximum absolute atomic E-state index is 11.7. The molecule has 0 amide bonds. The Balaban J connectivity index is 4.65. The lowest BCUT2D eigenvalue weighted by molar-refractivity contribution is -0.137. The van der Waals surface area contributed by atoms with E-state index in [0.717, 1.165) is 4.31 Å². The van der Waals surface area contributed by atoms with Gasteiger partial charge >= 0.3 is 5.97 Å². The van der Waals surface area contributed by atoms with Gasteiger partial charge < -0.3 is 5.11 Å². The highest BCUT2D eigenvalue weighted by atomic mass is 32.2. The first kappa shape index (κ1) is 15.3. The van der Waals surface area contributed by atoms with Crippen molar-refractivity contribution in [2.45, 2.75) is 27.2 Å². The van der Waals surface area contributed by atoms with E-state index >= 15 is 0 Å². The standard InChI is InChI=1S/C9H20N2O4S/c1-4-5-10-16(14,15)11(6-8(2)3)7-9(12)13/h8,10H,4-7H2,1-3H3,(H,12,13). The number of carboxylic acid groups (broad SMARTS) is 1. The average molecular weight is 252 g/mol. The van der Waals surface area contributed by atoms with Gasteiger partial charge in [0.15, 0.2) is 0 Å². The molecule has 0 saturated heterocycles. The van der Waals surface area contributed by atoms with Gasteiger partial charge in [0.25, 0.3) is 10.2 Å². The zero-order chi connectivity index (χ0) is 12.8. The van der Waals surface area contributed by atoms with Gasteiger partial charge in [-0.3, -0.25) is 4.79 Å². The van der Waals surface area contributed by atoms with Gasteiger partial charge in [0.1, 0.15) is 6.54 Å². The molecule has 0 fully saturated rings. The van der Waals surface area contributed by atoms with Gasteiger partial charge in [-0.25, -0.2) is 4.72 Å². The van der Waals surface area contributed by atoms with E-state index in [-0.39, 0.29) is 12.5 Å². The van der Waals surface area contributed by atoms with Crippen LogP contribution in [0, 0.1) is 5.92 Å². The van der Waals surface area contributed by atoms with E-state index in [9.17, 15) is 13.2 Å². The van der Waals surface area contributed by atoms with Crippen LogP contribution in [0.25, 0.3) is 0 Å². The average Bonchev–Trinajstić information content (AvgIpc) is 2.12. The molecule has 0 heterocycles. The summed E-state index contributed by atoms with van der Waals surface area (Å²) in [5.41, 5.74) is 0. The summed E-state index contributed by atoms with van der Waals surface area (Å²) in [6.45, 7) is 5.53. The lowest BCUT2D eigenvalue weighted by atomic mass is 10.2. The van der Waals surface area contributed by atoms with Crippen LogP contribution >= 0.6 is 0 Å². The SMILES string of the molecule is CCCNS(=O)(=O)N(CC(=O)O)CC(C)C. The summed E-state index contributed by atoms with van der Waals surface area (Å²) in [7, 11) is -3.67. The highest BCUT2D eigenvalue weighted by Gasteiger charge is 2.24. The molecular formula is C9H20N2O4S. The second-order valence-corrected chi connectivity index (χ2v) is 5.73. The quantitative estimate of drug-likeness (QED) is 0.649. The predicted molar refractivity (Wildman–Crippen MR) is 61.3 cm³/mol. The Kier molecular flexibility index (Phi) is 6.54. The molecule has 0 aromatic rings. The normalized spacial score (nSPS) is 12.3. The molecule has 2 N–H and O–H groups in total. The minimum atomic E-state index is -3.67. The number of carboxylic acids is 1. The van der Waals surface area contributed by atoms with E-state index in [2.05, 4.69) is 4.72 Å². The fraction of sp³-hybridized carbons (Fsp3) is 0.889. The van der Waals surface area contributed by atoms with Crippen LogP contribution in [-0.4, -0.2) is 43.4 Å². The van der Waals surface area contributed by atoms with Gasteiger partial charge in [-0.05, 0) is 12.3 Å². The number of nitrogens with one attached hydrogen (secondary N) is 1. The van der Waals surface area contributed by atoms with Crippen molar-refractivity contribution < 1.29 is 18.3 Å². The fourth-order valence-corrected chi connectivity index (χ4v) is 2.55. The smallest absolute Gasteiger partial charge is 0.318 e. The monoisotopic (exact) mass is 252 g/mol. The van der Waals surface area contributed by atoms with Crippen LogP contribution in [0.4, 0.5) is 0 Å². The number of aliphatic carboxylic acids is 1. The molecule has 0 spiro atoms. The second kappa shape index (κ2) is 6.82. The van der Waals surface area contributed by atoms with Crippen molar-refractivity contribution in [2.24, 2.45) is 5.92 Å².